The van der Waals surface area contributed by atoms with Gasteiger partial charge in [0, 0.05) is 6.54 Å². The summed E-state index contributed by atoms with van der Waals surface area (Å²) in [6.45, 7) is -0.280. The lowest BCUT2D eigenvalue weighted by molar-refractivity contribution is -0.125. The van der Waals surface area contributed by atoms with Crippen molar-refractivity contribution in [3.8, 4) is 0 Å². The van der Waals surface area contributed by atoms with E-state index < -0.39 is 12.7 Å². The molecule has 0 aromatic carbocycles. The number of nitrogens with one attached hydrogen (secondary N) is 1. The molecule has 1 aliphatic carbocycles. The van der Waals surface area contributed by atoms with Crippen LogP contribution in [0, 0.1) is 0 Å². The van der Waals surface area contributed by atoms with Gasteiger partial charge in [-0.1, -0.05) is 0 Å². The highest BCUT2D eigenvalue weighted by Crippen LogP contribution is 2.21. The lowest BCUT2D eigenvalue weighted by Crippen LogP contribution is -2.33. The van der Waals surface area contributed by atoms with Crippen LogP contribution >= 0.6 is 0 Å². The number of ether oxygens (including phenoxy) is 1. The maximum Gasteiger partial charge on any atom is 0.401 e. The van der Waals surface area contributed by atoms with E-state index in [1.165, 1.54) is 6.42 Å². The molecule has 0 radical (unpaired) electrons. The normalized spacial score (nSPS) is 18.7. The lowest BCUT2D eigenvalue weighted by atomic mass is 9.96. The van der Waals surface area contributed by atoms with Gasteiger partial charge in [-0.25, -0.2) is 0 Å². The van der Waals surface area contributed by atoms with Crippen molar-refractivity contribution in [3.63, 3.8) is 0 Å². The number of alkyl halides is 3. The van der Waals surface area contributed by atoms with Crippen molar-refractivity contribution in [2.45, 2.75) is 31.5 Å². The fourth-order valence-corrected chi connectivity index (χ4v) is 1.07. The monoisotopic (exact) mass is 197 g/mol. The van der Waals surface area contributed by atoms with Crippen LogP contribution in [0.3, 0.4) is 0 Å². The van der Waals surface area contributed by atoms with Crippen LogP contribution in [-0.4, -0.2) is 32.0 Å². The minimum atomic E-state index is -4.11. The third kappa shape index (κ3) is 5.10. The average Bonchev–Trinajstić information content (AvgIpc) is 1.90. The van der Waals surface area contributed by atoms with E-state index in [0.29, 0.717) is 12.7 Å². The van der Waals surface area contributed by atoms with E-state index >= 15 is 0 Å². The molecular weight excluding hydrogens is 183 g/mol. The van der Waals surface area contributed by atoms with Gasteiger partial charge in [0.1, 0.15) is 0 Å². The Morgan fingerprint density at radius 3 is 2.46 bits per heavy atom. The van der Waals surface area contributed by atoms with Crippen molar-refractivity contribution >= 4 is 0 Å². The second kappa shape index (κ2) is 4.81. The summed E-state index contributed by atoms with van der Waals surface area (Å²) < 4.78 is 40.1. The van der Waals surface area contributed by atoms with Gasteiger partial charge in [0.2, 0.25) is 0 Å². The number of halogens is 3. The van der Waals surface area contributed by atoms with Crippen molar-refractivity contribution in [2.75, 3.05) is 19.7 Å². The van der Waals surface area contributed by atoms with Gasteiger partial charge >= 0.3 is 6.18 Å². The van der Waals surface area contributed by atoms with Crippen LogP contribution in [0.5, 0.6) is 0 Å². The molecule has 0 unspecified atom stereocenters. The van der Waals surface area contributed by atoms with Gasteiger partial charge in [-0.15, -0.1) is 0 Å². The highest BCUT2D eigenvalue weighted by atomic mass is 19.4. The minimum absolute atomic E-state index is 0.274. The zero-order valence-corrected chi connectivity index (χ0v) is 7.36. The smallest absolute Gasteiger partial charge is 0.377 e. The second-order valence-electron chi connectivity index (χ2n) is 3.22. The molecule has 1 N–H and O–H groups in total. The molecule has 1 saturated carbocycles. The first kappa shape index (κ1) is 10.8. The van der Waals surface area contributed by atoms with E-state index in [1.807, 2.05) is 0 Å². The molecule has 13 heavy (non-hydrogen) atoms. The predicted molar refractivity (Wildman–Crippen MR) is 42.5 cm³/mol. The maximum atomic E-state index is 11.6. The van der Waals surface area contributed by atoms with Crippen molar-refractivity contribution < 1.29 is 17.9 Å². The Morgan fingerprint density at radius 1 is 1.31 bits per heavy atom. The molecule has 0 aromatic heterocycles. The summed E-state index contributed by atoms with van der Waals surface area (Å²) in [7, 11) is 0. The quantitative estimate of drug-likeness (QED) is 0.677. The third-order valence-corrected chi connectivity index (χ3v) is 2.01. The van der Waals surface area contributed by atoms with Gasteiger partial charge in [0.15, 0.2) is 0 Å². The van der Waals surface area contributed by atoms with Crippen molar-refractivity contribution in [2.24, 2.45) is 0 Å². The summed E-state index contributed by atoms with van der Waals surface area (Å²) in [6, 6.07) is 0. The maximum absolute atomic E-state index is 11.6. The van der Waals surface area contributed by atoms with Crippen molar-refractivity contribution in [3.05, 3.63) is 0 Å². The van der Waals surface area contributed by atoms with Gasteiger partial charge in [0.25, 0.3) is 0 Å². The van der Waals surface area contributed by atoms with Crippen molar-refractivity contribution in [1.29, 1.82) is 0 Å². The number of hydrogen-bond acceptors (Lipinski definition) is 2. The van der Waals surface area contributed by atoms with Gasteiger partial charge in [-0.2, -0.15) is 13.2 Å². The highest BCUT2D eigenvalue weighted by molar-refractivity contribution is 4.69. The Bertz CT molecular complexity index is 145. The van der Waals surface area contributed by atoms with Gasteiger partial charge < -0.3 is 10.1 Å². The van der Waals surface area contributed by atoms with Crippen LogP contribution in [0.25, 0.3) is 0 Å². The topological polar surface area (TPSA) is 21.3 Å². The van der Waals surface area contributed by atoms with E-state index in [1.54, 1.807) is 0 Å². The Hall–Kier alpha value is -0.290. The van der Waals surface area contributed by atoms with E-state index in [4.69, 9.17) is 4.74 Å². The van der Waals surface area contributed by atoms with Crippen LogP contribution in [0.2, 0.25) is 0 Å². The molecule has 5 heteroatoms. The van der Waals surface area contributed by atoms with E-state index in [9.17, 15) is 13.2 Å². The molecule has 78 valence electrons. The minimum Gasteiger partial charge on any atom is -0.377 e. The van der Waals surface area contributed by atoms with Crippen LogP contribution < -0.4 is 5.32 Å². The lowest BCUT2D eigenvalue weighted by Gasteiger charge is -2.25. The highest BCUT2D eigenvalue weighted by Gasteiger charge is 2.26. The Morgan fingerprint density at radius 2 is 2.00 bits per heavy atom. The Kier molecular flexibility index (Phi) is 3.99. The molecular formula is C8H14F3NO. The van der Waals surface area contributed by atoms with E-state index in [2.05, 4.69) is 5.32 Å². The summed E-state index contributed by atoms with van der Waals surface area (Å²) in [6.07, 6.45) is -0.525. The molecule has 0 saturated heterocycles. The van der Waals surface area contributed by atoms with Gasteiger partial charge in [-0.3, -0.25) is 0 Å². The predicted octanol–water partition coefficient (Wildman–Crippen LogP) is 1.71. The molecule has 1 aliphatic rings. The summed E-state index contributed by atoms with van der Waals surface area (Å²) in [4.78, 5) is 0. The molecule has 0 amide bonds. The Balaban J connectivity index is 1.83. The van der Waals surface area contributed by atoms with E-state index in [-0.39, 0.29) is 6.54 Å². The summed E-state index contributed by atoms with van der Waals surface area (Å²) >= 11 is 0. The first-order chi connectivity index (χ1) is 6.08. The molecule has 0 aromatic rings. The first-order valence-corrected chi connectivity index (χ1v) is 4.47. The zero-order chi connectivity index (χ0) is 9.73. The van der Waals surface area contributed by atoms with Crippen LogP contribution in [-0.2, 0) is 4.74 Å². The molecule has 0 aliphatic heterocycles. The van der Waals surface area contributed by atoms with Gasteiger partial charge in [0.05, 0.1) is 19.3 Å². The summed E-state index contributed by atoms with van der Waals surface area (Å²) in [5, 5.41) is 2.28. The van der Waals surface area contributed by atoms with Crippen molar-refractivity contribution in [1.82, 2.24) is 5.32 Å². The molecule has 0 atom stereocenters. The largest absolute Gasteiger partial charge is 0.401 e. The first-order valence-electron chi connectivity index (χ1n) is 4.47. The number of hydrogen-bond donors (Lipinski definition) is 1. The average molecular weight is 197 g/mol. The SMILES string of the molecule is FC(F)(F)CNCCOC1CCC1. The van der Waals surface area contributed by atoms with Crippen LogP contribution in [0.4, 0.5) is 13.2 Å². The van der Waals surface area contributed by atoms with E-state index in [0.717, 1.165) is 12.8 Å². The van der Waals surface area contributed by atoms with Gasteiger partial charge in [-0.05, 0) is 19.3 Å². The molecule has 2 nitrogen and oxygen atoms in total. The standard InChI is InChI=1S/C8H14F3NO/c9-8(10,11)6-12-4-5-13-7-2-1-3-7/h7,12H,1-6H2. The zero-order valence-electron chi connectivity index (χ0n) is 7.36. The van der Waals surface area contributed by atoms with Crippen LogP contribution in [0.15, 0.2) is 0 Å². The summed E-state index contributed by atoms with van der Waals surface area (Å²) in [5.41, 5.74) is 0. The third-order valence-electron chi connectivity index (χ3n) is 2.01. The second-order valence-corrected chi connectivity index (χ2v) is 3.22. The molecule has 0 heterocycles. The molecule has 1 fully saturated rings. The molecule has 0 spiro atoms. The van der Waals surface area contributed by atoms with Crippen LogP contribution in [0.1, 0.15) is 19.3 Å². The molecule has 1 rings (SSSR count). The molecule has 0 bridgehead atoms. The fourth-order valence-electron chi connectivity index (χ4n) is 1.07. The fraction of sp³-hybridized carbons (Fsp3) is 1.00. The summed E-state index contributed by atoms with van der Waals surface area (Å²) in [5.74, 6) is 0. The Labute approximate surface area is 75.4 Å². The number of rotatable bonds is 5.